The molecule has 2 heterocycles. The van der Waals surface area contributed by atoms with Crippen LogP contribution in [0.1, 0.15) is 77.5 Å². The Labute approximate surface area is 309 Å². The van der Waals surface area contributed by atoms with Crippen molar-refractivity contribution in [2.45, 2.75) is 103 Å². The summed E-state index contributed by atoms with van der Waals surface area (Å²) in [6.45, 7) is 9.00. The molecule has 0 saturated carbocycles. The number of carbonyl (C=O) groups is 6. The summed E-state index contributed by atoms with van der Waals surface area (Å²) >= 11 is 0. The molecule has 1 saturated heterocycles. The lowest BCUT2D eigenvalue weighted by Crippen LogP contribution is -2.57. The normalized spacial score (nSPS) is 16.7. The molecule has 1 aliphatic heterocycles. The number of nitrogens with one attached hydrogen (secondary N) is 5. The molecule has 9 N–H and O–H groups in total. The largest absolute Gasteiger partial charge is 0.460 e. The zero-order chi connectivity index (χ0) is 38.9. The Kier molecular flexibility index (Phi) is 13.7. The zero-order valence-corrected chi connectivity index (χ0v) is 30.9. The highest BCUT2D eigenvalue weighted by atomic mass is 16.6. The van der Waals surface area contributed by atoms with Crippen LogP contribution in [0, 0.1) is 5.92 Å². The van der Waals surface area contributed by atoms with Gasteiger partial charge in [0.25, 0.3) is 5.91 Å². The lowest BCUT2D eigenvalue weighted by atomic mass is 10.0. The van der Waals surface area contributed by atoms with Crippen molar-refractivity contribution in [2.75, 3.05) is 6.54 Å². The number of amides is 5. The van der Waals surface area contributed by atoms with Crippen LogP contribution in [-0.2, 0) is 39.9 Å². The fourth-order valence-electron chi connectivity index (χ4n) is 6.40. The minimum Gasteiger partial charge on any atom is -0.460 e. The molecule has 0 radical (unpaired) electrons. The second kappa shape index (κ2) is 18.0. The Morgan fingerprint density at radius 3 is 2.23 bits per heavy atom. The fourth-order valence-corrected chi connectivity index (χ4v) is 6.40. The molecule has 4 rings (SSSR count). The molecule has 1 aromatic heterocycles. The lowest BCUT2D eigenvalue weighted by molar-refractivity contribution is -0.157. The molecule has 3 aromatic rings. The van der Waals surface area contributed by atoms with E-state index in [1.165, 1.54) is 4.90 Å². The van der Waals surface area contributed by atoms with Crippen molar-refractivity contribution in [3.8, 4) is 0 Å². The first kappa shape index (κ1) is 40.5. The van der Waals surface area contributed by atoms with Gasteiger partial charge in [0, 0.05) is 23.6 Å². The van der Waals surface area contributed by atoms with Gasteiger partial charge >= 0.3 is 5.97 Å². The van der Waals surface area contributed by atoms with Gasteiger partial charge in [-0.1, -0.05) is 62.4 Å². The van der Waals surface area contributed by atoms with Crippen LogP contribution in [0.25, 0.3) is 10.9 Å². The van der Waals surface area contributed by atoms with Gasteiger partial charge in [0.15, 0.2) is 0 Å². The van der Waals surface area contributed by atoms with Gasteiger partial charge in [-0.2, -0.15) is 0 Å². The number of aromatic amines is 1. The number of para-hydroxylation sites is 1. The highest BCUT2D eigenvalue weighted by Gasteiger charge is 2.41. The average molecular weight is 733 g/mol. The summed E-state index contributed by atoms with van der Waals surface area (Å²) in [5.74, 6) is 1.52. The molecule has 286 valence electrons. The molecule has 0 bridgehead atoms. The fraction of sp³-hybridized carbons (Fsp3) is 0.474. The van der Waals surface area contributed by atoms with E-state index in [9.17, 15) is 28.8 Å². The molecule has 15 nitrogen and oxygen atoms in total. The maximum Gasteiger partial charge on any atom is 0.308 e. The number of hydrogen-bond donors (Lipinski definition) is 7. The number of rotatable bonds is 15. The Bertz CT molecular complexity index is 1770. The van der Waals surface area contributed by atoms with Gasteiger partial charge in [0.2, 0.25) is 23.6 Å². The van der Waals surface area contributed by atoms with Crippen LogP contribution in [0.2, 0.25) is 0 Å². The molecule has 5 atom stereocenters. The summed E-state index contributed by atoms with van der Waals surface area (Å²) in [5.41, 5.74) is 9.70. The summed E-state index contributed by atoms with van der Waals surface area (Å²) in [7, 11) is 0. The van der Waals surface area contributed by atoms with Crippen LogP contribution in [0.5, 0.6) is 0 Å². The number of hydrogen-bond acceptors (Lipinski definition) is 9. The number of benzene rings is 2. The second-order valence-electron chi connectivity index (χ2n) is 14.8. The summed E-state index contributed by atoms with van der Waals surface area (Å²) in [6.07, 6.45) is 2.44. The number of esters is 1. The van der Waals surface area contributed by atoms with Crippen molar-refractivity contribution in [1.82, 2.24) is 31.3 Å². The number of hydrazine groups is 1. The maximum atomic E-state index is 14.2. The Morgan fingerprint density at radius 1 is 0.906 bits per heavy atom. The first-order chi connectivity index (χ1) is 25.1. The van der Waals surface area contributed by atoms with E-state index in [-0.39, 0.29) is 25.3 Å². The van der Waals surface area contributed by atoms with E-state index in [0.29, 0.717) is 18.4 Å². The Morgan fingerprint density at radius 2 is 1.57 bits per heavy atom. The third-order valence-electron chi connectivity index (χ3n) is 8.86. The highest BCUT2D eigenvalue weighted by molar-refractivity contribution is 5.97. The molecule has 1 aliphatic rings. The SMILES string of the molecule is CC(C)C[C@H](NC(=O)[C@H](NC(=O)[C@@H]1CCCN1C(=O)[C@@H](CC(=O)OC(C)(C)C)NC(=O)[C@H](N)Cc1c[nH]c2ccccc12)c1ccccc1)C(=O)NN. The summed E-state index contributed by atoms with van der Waals surface area (Å²) < 4.78 is 5.48. The van der Waals surface area contributed by atoms with E-state index in [0.717, 1.165) is 16.5 Å². The smallest absolute Gasteiger partial charge is 0.308 e. The number of ether oxygens (including phenoxy) is 1. The molecule has 15 heteroatoms. The van der Waals surface area contributed by atoms with Crippen molar-refractivity contribution >= 4 is 46.4 Å². The standard InChI is InChI=1S/C38H52N8O7/c1-22(2)18-28(34(49)45-40)42-36(51)32(23-12-7-6-8-13-23)44-35(50)30-16-11-17-46(30)37(52)29(20-31(47)53-38(3,4)5)43-33(48)26(39)19-24-21-41-27-15-10-9-14-25(24)27/h6-10,12-15,21-22,26,28-30,32,41H,11,16-20,39-40H2,1-5H3,(H,42,51)(H,43,48)(H,44,50)(H,45,49)/t26-,28+,29-,30+,32-/m1/s1. The molecular weight excluding hydrogens is 680 g/mol. The van der Waals surface area contributed by atoms with E-state index in [1.807, 2.05) is 38.1 Å². The average Bonchev–Trinajstić information content (AvgIpc) is 3.76. The second-order valence-corrected chi connectivity index (χ2v) is 14.8. The van der Waals surface area contributed by atoms with Crippen molar-refractivity contribution in [2.24, 2.45) is 17.5 Å². The monoisotopic (exact) mass is 732 g/mol. The summed E-state index contributed by atoms with van der Waals surface area (Å²) in [5, 5.41) is 9.04. The van der Waals surface area contributed by atoms with E-state index >= 15 is 0 Å². The van der Waals surface area contributed by atoms with Crippen LogP contribution in [-0.4, -0.2) is 81.7 Å². The number of nitrogens with two attached hydrogens (primary N) is 2. The number of carbonyl (C=O) groups excluding carboxylic acids is 6. The number of H-pyrrole nitrogens is 1. The first-order valence-electron chi connectivity index (χ1n) is 17.9. The molecule has 5 amide bonds. The predicted octanol–water partition coefficient (Wildman–Crippen LogP) is 1.62. The Balaban J connectivity index is 1.54. The van der Waals surface area contributed by atoms with Crippen molar-refractivity contribution in [1.29, 1.82) is 0 Å². The van der Waals surface area contributed by atoms with E-state index in [4.69, 9.17) is 16.3 Å². The maximum absolute atomic E-state index is 14.2. The number of likely N-dealkylation sites (tertiary alicyclic amines) is 1. The summed E-state index contributed by atoms with van der Waals surface area (Å²) in [6, 6.07) is 10.4. The molecule has 53 heavy (non-hydrogen) atoms. The third-order valence-corrected chi connectivity index (χ3v) is 8.86. The van der Waals surface area contributed by atoms with Gasteiger partial charge in [-0.05, 0) is 69.6 Å². The third kappa shape index (κ3) is 11.1. The highest BCUT2D eigenvalue weighted by Crippen LogP contribution is 2.23. The molecular formula is C38H52N8O7. The van der Waals surface area contributed by atoms with E-state index < -0.39 is 77.7 Å². The van der Waals surface area contributed by atoms with Gasteiger partial charge in [0.1, 0.15) is 29.8 Å². The lowest BCUT2D eigenvalue weighted by Gasteiger charge is -2.31. The number of nitrogens with zero attached hydrogens (tertiary/aromatic N) is 1. The topological polar surface area (TPSA) is 231 Å². The van der Waals surface area contributed by atoms with Gasteiger partial charge < -0.3 is 36.3 Å². The number of aromatic nitrogens is 1. The van der Waals surface area contributed by atoms with Crippen LogP contribution >= 0.6 is 0 Å². The molecule has 0 spiro atoms. The van der Waals surface area contributed by atoms with Crippen LogP contribution in [0.15, 0.2) is 60.8 Å². The van der Waals surface area contributed by atoms with Gasteiger partial charge in [-0.15, -0.1) is 0 Å². The van der Waals surface area contributed by atoms with E-state index in [1.54, 1.807) is 57.3 Å². The van der Waals surface area contributed by atoms with E-state index in [2.05, 4.69) is 26.4 Å². The van der Waals surface area contributed by atoms with Crippen molar-refractivity contribution in [3.05, 3.63) is 71.9 Å². The quantitative estimate of drug-likeness (QED) is 0.0520. The van der Waals surface area contributed by atoms with Crippen LogP contribution < -0.4 is 33.0 Å². The minimum atomic E-state index is -1.39. The van der Waals surface area contributed by atoms with Crippen molar-refractivity contribution in [3.63, 3.8) is 0 Å². The molecule has 0 unspecified atom stereocenters. The predicted molar refractivity (Wildman–Crippen MR) is 198 cm³/mol. The summed E-state index contributed by atoms with van der Waals surface area (Å²) in [4.78, 5) is 85.3. The van der Waals surface area contributed by atoms with Gasteiger partial charge in [-0.25, -0.2) is 5.84 Å². The van der Waals surface area contributed by atoms with Gasteiger partial charge in [0.05, 0.1) is 12.5 Å². The van der Waals surface area contributed by atoms with Crippen LogP contribution in [0.4, 0.5) is 0 Å². The Hall–Kier alpha value is -5.28. The first-order valence-corrected chi connectivity index (χ1v) is 17.9. The molecule has 0 aliphatic carbocycles. The molecule has 2 aromatic carbocycles. The molecule has 1 fully saturated rings. The minimum absolute atomic E-state index is 0.0395. The van der Waals surface area contributed by atoms with Crippen molar-refractivity contribution < 1.29 is 33.5 Å². The van der Waals surface area contributed by atoms with Gasteiger partial charge in [-0.3, -0.25) is 34.2 Å². The zero-order valence-electron chi connectivity index (χ0n) is 30.9. The van der Waals surface area contributed by atoms with Crippen LogP contribution in [0.3, 0.4) is 0 Å². The number of fused-ring (bicyclic) bond motifs is 1.